The zero-order valence-corrected chi connectivity index (χ0v) is 16.0. The molecule has 1 fully saturated rings. The minimum Gasteiger partial charge on any atom is -0.457 e. The van der Waals surface area contributed by atoms with Gasteiger partial charge in [0.15, 0.2) is 0 Å². The second-order valence-electron chi connectivity index (χ2n) is 6.20. The van der Waals surface area contributed by atoms with Crippen LogP contribution in [-0.2, 0) is 11.3 Å². The number of nitrogens with zero attached hydrogens (tertiary/aromatic N) is 1. The van der Waals surface area contributed by atoms with Crippen molar-refractivity contribution in [3.05, 3.63) is 87.7 Å². The van der Waals surface area contributed by atoms with Crippen molar-refractivity contribution < 1.29 is 14.0 Å². The molecule has 0 bridgehead atoms. The number of hydrogen-bond donors (Lipinski definition) is 1. The Hall–Kier alpha value is -3.02. The van der Waals surface area contributed by atoms with Gasteiger partial charge in [-0.2, -0.15) is 0 Å². The fraction of sp³-hybridized carbons (Fsp3) is 0.0476. The molecule has 0 atom stereocenters. The maximum Gasteiger partial charge on any atom is 0.329 e. The first-order valence-electron chi connectivity index (χ1n) is 8.45. The lowest BCUT2D eigenvalue weighted by Crippen LogP contribution is -2.30. The molecular weight excluding hydrogens is 399 g/mol. The molecule has 7 heteroatoms. The summed E-state index contributed by atoms with van der Waals surface area (Å²) in [6.07, 6.45) is 1.51. The van der Waals surface area contributed by atoms with E-state index in [2.05, 4.69) is 5.32 Å². The number of hydrogen-bond acceptors (Lipinski definition) is 3. The van der Waals surface area contributed by atoms with Crippen molar-refractivity contribution >= 4 is 41.2 Å². The number of carbonyl (C=O) groups is 2. The van der Waals surface area contributed by atoms with Gasteiger partial charge in [0.1, 0.15) is 17.2 Å². The van der Waals surface area contributed by atoms with Gasteiger partial charge in [-0.25, -0.2) is 4.79 Å². The van der Waals surface area contributed by atoms with Crippen molar-refractivity contribution in [2.45, 2.75) is 6.54 Å². The largest absolute Gasteiger partial charge is 0.457 e. The van der Waals surface area contributed by atoms with Gasteiger partial charge in [0.2, 0.25) is 0 Å². The van der Waals surface area contributed by atoms with Crippen LogP contribution in [0.4, 0.5) is 4.79 Å². The molecule has 1 aliphatic heterocycles. The summed E-state index contributed by atoms with van der Waals surface area (Å²) in [5.41, 5.74) is 1.79. The Balaban J connectivity index is 1.55. The van der Waals surface area contributed by atoms with Crippen LogP contribution < -0.4 is 5.32 Å². The molecule has 3 aromatic rings. The molecule has 4 rings (SSSR count). The van der Waals surface area contributed by atoms with Crippen molar-refractivity contribution in [1.29, 1.82) is 0 Å². The van der Waals surface area contributed by atoms with Gasteiger partial charge in [-0.3, -0.25) is 9.69 Å². The third-order valence-corrected chi connectivity index (χ3v) is 5.00. The first kappa shape index (κ1) is 18.3. The van der Waals surface area contributed by atoms with E-state index in [0.717, 1.165) is 16.0 Å². The average molecular weight is 413 g/mol. The van der Waals surface area contributed by atoms with Gasteiger partial charge in [-0.1, -0.05) is 53.5 Å². The third-order valence-electron chi connectivity index (χ3n) is 4.26. The smallest absolute Gasteiger partial charge is 0.329 e. The second kappa shape index (κ2) is 7.54. The number of urea groups is 1. The van der Waals surface area contributed by atoms with E-state index in [1.54, 1.807) is 30.3 Å². The zero-order valence-electron chi connectivity index (χ0n) is 14.5. The molecule has 0 unspecified atom stereocenters. The van der Waals surface area contributed by atoms with Crippen LogP contribution >= 0.6 is 23.2 Å². The lowest BCUT2D eigenvalue weighted by molar-refractivity contribution is -0.123. The van der Waals surface area contributed by atoms with Crippen LogP contribution in [0.25, 0.3) is 17.4 Å². The molecule has 2 aromatic carbocycles. The molecule has 28 heavy (non-hydrogen) atoms. The molecule has 0 aliphatic carbocycles. The van der Waals surface area contributed by atoms with Gasteiger partial charge in [-0.05, 0) is 35.9 Å². The first-order chi connectivity index (χ1) is 13.5. The molecule has 140 valence electrons. The minimum atomic E-state index is -0.462. The van der Waals surface area contributed by atoms with Gasteiger partial charge >= 0.3 is 6.03 Å². The molecule has 0 saturated carbocycles. The Morgan fingerprint density at radius 1 is 0.964 bits per heavy atom. The van der Waals surface area contributed by atoms with Gasteiger partial charge in [0.25, 0.3) is 5.91 Å². The molecule has 2 heterocycles. The number of rotatable bonds is 4. The average Bonchev–Trinajstić information content (AvgIpc) is 3.25. The van der Waals surface area contributed by atoms with E-state index < -0.39 is 11.9 Å². The van der Waals surface area contributed by atoms with Crippen LogP contribution in [0.3, 0.4) is 0 Å². The number of carbonyl (C=O) groups excluding carboxylic acids is 2. The molecule has 1 N–H and O–H groups in total. The molecule has 0 radical (unpaired) electrons. The molecule has 0 spiro atoms. The number of halogens is 2. The summed E-state index contributed by atoms with van der Waals surface area (Å²) in [4.78, 5) is 25.9. The van der Waals surface area contributed by atoms with Crippen molar-refractivity contribution in [3.63, 3.8) is 0 Å². The van der Waals surface area contributed by atoms with Crippen molar-refractivity contribution in [3.8, 4) is 11.3 Å². The Morgan fingerprint density at radius 2 is 1.75 bits per heavy atom. The standard InChI is InChI=1S/C21H14Cl2N2O3/c22-16-8-6-14(10-17(16)23)19-9-7-15(28-19)11-18-20(26)25(21(27)24-18)12-13-4-2-1-3-5-13/h1-11H,12H2,(H,24,27)/b18-11-. The zero-order chi connectivity index (χ0) is 19.7. The van der Waals surface area contributed by atoms with E-state index in [0.29, 0.717) is 21.6 Å². The molecule has 5 nitrogen and oxygen atoms in total. The highest BCUT2D eigenvalue weighted by atomic mass is 35.5. The summed E-state index contributed by atoms with van der Waals surface area (Å²) in [6.45, 7) is 0.204. The number of furan rings is 1. The van der Waals surface area contributed by atoms with E-state index in [4.69, 9.17) is 27.6 Å². The van der Waals surface area contributed by atoms with Crippen LogP contribution in [0.5, 0.6) is 0 Å². The summed E-state index contributed by atoms with van der Waals surface area (Å²) in [5.74, 6) is 0.607. The van der Waals surface area contributed by atoms with E-state index in [1.165, 1.54) is 6.08 Å². The van der Waals surface area contributed by atoms with E-state index in [9.17, 15) is 9.59 Å². The summed E-state index contributed by atoms with van der Waals surface area (Å²) in [7, 11) is 0. The van der Waals surface area contributed by atoms with Gasteiger partial charge < -0.3 is 9.73 Å². The second-order valence-corrected chi connectivity index (χ2v) is 7.01. The van der Waals surface area contributed by atoms with Gasteiger partial charge in [-0.15, -0.1) is 0 Å². The lowest BCUT2D eigenvalue weighted by Gasteiger charge is -2.11. The minimum absolute atomic E-state index is 0.163. The lowest BCUT2D eigenvalue weighted by atomic mass is 10.2. The van der Waals surface area contributed by atoms with Gasteiger partial charge in [0, 0.05) is 11.6 Å². The molecule has 1 aliphatic rings. The van der Waals surface area contributed by atoms with Crippen LogP contribution in [0.2, 0.25) is 10.0 Å². The Bertz CT molecular complexity index is 1090. The van der Waals surface area contributed by atoms with Crippen LogP contribution in [-0.4, -0.2) is 16.8 Å². The highest BCUT2D eigenvalue weighted by Crippen LogP contribution is 2.30. The molecule has 1 aromatic heterocycles. The number of benzene rings is 2. The molecule has 1 saturated heterocycles. The Labute approximate surface area is 171 Å². The molecular formula is C21H14Cl2N2O3. The third kappa shape index (κ3) is 3.67. The fourth-order valence-electron chi connectivity index (χ4n) is 2.86. The van der Waals surface area contributed by atoms with Crippen LogP contribution in [0.15, 0.2) is 70.8 Å². The van der Waals surface area contributed by atoms with E-state index >= 15 is 0 Å². The number of amides is 3. The number of imide groups is 1. The summed E-state index contributed by atoms with van der Waals surface area (Å²) in [6, 6.07) is 17.5. The highest BCUT2D eigenvalue weighted by Gasteiger charge is 2.33. The number of nitrogens with one attached hydrogen (secondary N) is 1. The van der Waals surface area contributed by atoms with Crippen molar-refractivity contribution in [2.24, 2.45) is 0 Å². The van der Waals surface area contributed by atoms with Crippen molar-refractivity contribution in [2.75, 3.05) is 0 Å². The maximum atomic E-state index is 12.6. The van der Waals surface area contributed by atoms with Crippen molar-refractivity contribution in [1.82, 2.24) is 10.2 Å². The maximum absolute atomic E-state index is 12.6. The summed E-state index contributed by atoms with van der Waals surface area (Å²) < 4.78 is 5.76. The topological polar surface area (TPSA) is 62.6 Å². The summed E-state index contributed by atoms with van der Waals surface area (Å²) >= 11 is 12.0. The first-order valence-corrected chi connectivity index (χ1v) is 9.20. The van der Waals surface area contributed by atoms with Crippen LogP contribution in [0.1, 0.15) is 11.3 Å². The highest BCUT2D eigenvalue weighted by molar-refractivity contribution is 6.42. The molecule has 3 amide bonds. The predicted octanol–water partition coefficient (Wildman–Crippen LogP) is 5.35. The Kier molecular flexibility index (Phi) is 4.94. The SMILES string of the molecule is O=C1N/C(=C\c2ccc(-c3ccc(Cl)c(Cl)c3)o2)C(=O)N1Cc1ccccc1. The van der Waals surface area contributed by atoms with E-state index in [-0.39, 0.29) is 12.2 Å². The van der Waals surface area contributed by atoms with Crippen LogP contribution in [0, 0.1) is 0 Å². The van der Waals surface area contributed by atoms with E-state index in [1.807, 2.05) is 30.3 Å². The fourth-order valence-corrected chi connectivity index (χ4v) is 3.16. The quantitative estimate of drug-likeness (QED) is 0.464. The Morgan fingerprint density at radius 3 is 2.50 bits per heavy atom. The van der Waals surface area contributed by atoms with Gasteiger partial charge in [0.05, 0.1) is 16.6 Å². The summed E-state index contributed by atoms with van der Waals surface area (Å²) in [5, 5.41) is 3.47. The normalized spacial score (nSPS) is 15.4. The predicted molar refractivity (Wildman–Crippen MR) is 108 cm³/mol. The monoisotopic (exact) mass is 412 g/mol.